The number of nitrogens with zero attached hydrogens (tertiary/aromatic N) is 2. The van der Waals surface area contributed by atoms with E-state index in [0.29, 0.717) is 6.61 Å². The van der Waals surface area contributed by atoms with Crippen molar-refractivity contribution < 1.29 is 4.74 Å². The highest BCUT2D eigenvalue weighted by Gasteiger charge is 2.11. The van der Waals surface area contributed by atoms with E-state index >= 15 is 0 Å². The Balaban J connectivity index is 2.15. The Hall–Kier alpha value is -1.62. The molecule has 0 saturated carbocycles. The van der Waals surface area contributed by atoms with Gasteiger partial charge in [0.25, 0.3) is 0 Å². The molecule has 5 heteroatoms. The van der Waals surface area contributed by atoms with Crippen molar-refractivity contribution in [2.45, 2.75) is 19.9 Å². The molecule has 1 aromatic heterocycles. The molecule has 0 aliphatic rings. The van der Waals surface area contributed by atoms with Crippen LogP contribution in [0.25, 0.3) is 0 Å². The van der Waals surface area contributed by atoms with Gasteiger partial charge in [0.1, 0.15) is 11.3 Å². The second-order valence-electron chi connectivity index (χ2n) is 3.58. The number of hydrogen-bond acceptors (Lipinski definition) is 5. The normalized spacial score (nSPS) is 12.1. The number of rotatable bonds is 5. The Bertz CT molecular complexity index is 459. The molecular weight excluding hydrogens is 234 g/mol. The maximum atomic E-state index is 5.60. The fraction of sp³-hybridized carbons (Fsp3) is 0.333. The topological polar surface area (TPSA) is 47.0 Å². The highest BCUT2D eigenvalue weighted by atomic mass is 32.1. The Morgan fingerprint density at radius 2 is 2.24 bits per heavy atom. The highest BCUT2D eigenvalue weighted by molar-refractivity contribution is 7.13. The first kappa shape index (κ1) is 11.9. The standard InChI is InChI=1S/C12H15N3OS/c1-3-16-11-7-5-4-6-10(11)9(2)14-12-15-13-8-17-12/h4-9H,3H2,1-2H3,(H,14,15). The molecule has 4 nitrogen and oxygen atoms in total. The lowest BCUT2D eigenvalue weighted by atomic mass is 10.1. The van der Waals surface area contributed by atoms with E-state index in [-0.39, 0.29) is 6.04 Å². The van der Waals surface area contributed by atoms with Crippen LogP contribution in [-0.2, 0) is 0 Å². The Labute approximate surface area is 105 Å². The van der Waals surface area contributed by atoms with E-state index in [1.54, 1.807) is 5.51 Å². The largest absolute Gasteiger partial charge is 0.494 e. The molecule has 1 N–H and O–H groups in total. The number of nitrogens with one attached hydrogen (secondary N) is 1. The van der Waals surface area contributed by atoms with Crippen molar-refractivity contribution in [1.29, 1.82) is 0 Å². The van der Waals surface area contributed by atoms with Crippen LogP contribution in [0.4, 0.5) is 5.13 Å². The van der Waals surface area contributed by atoms with Gasteiger partial charge >= 0.3 is 0 Å². The van der Waals surface area contributed by atoms with Crippen molar-refractivity contribution in [1.82, 2.24) is 10.2 Å². The molecule has 1 atom stereocenters. The molecule has 90 valence electrons. The van der Waals surface area contributed by atoms with Crippen LogP contribution in [0.1, 0.15) is 25.5 Å². The van der Waals surface area contributed by atoms with Gasteiger partial charge in [-0.1, -0.05) is 29.5 Å². The van der Waals surface area contributed by atoms with E-state index in [2.05, 4.69) is 28.5 Å². The summed E-state index contributed by atoms with van der Waals surface area (Å²) in [5.74, 6) is 0.916. The summed E-state index contributed by atoms with van der Waals surface area (Å²) in [6, 6.07) is 8.18. The summed E-state index contributed by atoms with van der Waals surface area (Å²) in [6.07, 6.45) is 0. The summed E-state index contributed by atoms with van der Waals surface area (Å²) in [7, 11) is 0. The summed E-state index contributed by atoms with van der Waals surface area (Å²) in [4.78, 5) is 0. The van der Waals surface area contributed by atoms with Crippen molar-refractivity contribution in [2.75, 3.05) is 11.9 Å². The molecule has 1 aromatic carbocycles. The van der Waals surface area contributed by atoms with E-state index in [9.17, 15) is 0 Å². The molecule has 2 rings (SSSR count). The molecule has 1 unspecified atom stereocenters. The minimum absolute atomic E-state index is 0.144. The third-order valence-corrected chi connectivity index (χ3v) is 3.01. The van der Waals surface area contributed by atoms with Gasteiger partial charge in [-0.05, 0) is 19.9 Å². The smallest absolute Gasteiger partial charge is 0.205 e. The van der Waals surface area contributed by atoms with Crippen molar-refractivity contribution in [3.63, 3.8) is 0 Å². The van der Waals surface area contributed by atoms with Gasteiger partial charge in [-0.2, -0.15) is 0 Å². The van der Waals surface area contributed by atoms with Crippen LogP contribution in [0.3, 0.4) is 0 Å². The van der Waals surface area contributed by atoms with E-state index in [4.69, 9.17) is 4.74 Å². The quantitative estimate of drug-likeness (QED) is 0.884. The maximum absolute atomic E-state index is 5.60. The van der Waals surface area contributed by atoms with Gasteiger partial charge < -0.3 is 10.1 Å². The molecular formula is C12H15N3OS. The number of para-hydroxylation sites is 1. The van der Waals surface area contributed by atoms with Crippen LogP contribution in [0.2, 0.25) is 0 Å². The SMILES string of the molecule is CCOc1ccccc1C(C)Nc1nncs1. The molecule has 0 fully saturated rings. The van der Waals surface area contributed by atoms with Crippen LogP contribution in [0.15, 0.2) is 29.8 Å². The highest BCUT2D eigenvalue weighted by Crippen LogP contribution is 2.27. The van der Waals surface area contributed by atoms with Gasteiger partial charge in [0.2, 0.25) is 5.13 Å². The number of aromatic nitrogens is 2. The van der Waals surface area contributed by atoms with Crippen LogP contribution < -0.4 is 10.1 Å². The average Bonchev–Trinajstić information content (AvgIpc) is 2.83. The number of ether oxygens (including phenoxy) is 1. The molecule has 1 heterocycles. The zero-order valence-electron chi connectivity index (χ0n) is 9.88. The Kier molecular flexibility index (Phi) is 3.93. The monoisotopic (exact) mass is 249 g/mol. The molecule has 0 saturated heterocycles. The maximum Gasteiger partial charge on any atom is 0.205 e. The van der Waals surface area contributed by atoms with Gasteiger partial charge in [0.15, 0.2) is 0 Å². The van der Waals surface area contributed by atoms with Gasteiger partial charge in [0, 0.05) is 5.56 Å². The van der Waals surface area contributed by atoms with Crippen LogP contribution in [0, 0.1) is 0 Å². The van der Waals surface area contributed by atoms with Crippen LogP contribution in [0.5, 0.6) is 5.75 Å². The number of benzene rings is 1. The van der Waals surface area contributed by atoms with Crippen LogP contribution in [-0.4, -0.2) is 16.8 Å². The first-order valence-corrected chi connectivity index (χ1v) is 6.43. The first-order chi connectivity index (χ1) is 8.31. The third-order valence-electron chi connectivity index (χ3n) is 2.39. The molecule has 0 radical (unpaired) electrons. The van der Waals surface area contributed by atoms with Crippen molar-refractivity contribution in [3.05, 3.63) is 35.3 Å². The fourth-order valence-corrected chi connectivity index (χ4v) is 2.16. The van der Waals surface area contributed by atoms with E-state index < -0.39 is 0 Å². The van der Waals surface area contributed by atoms with Crippen molar-refractivity contribution >= 4 is 16.5 Å². The first-order valence-electron chi connectivity index (χ1n) is 5.55. The lowest BCUT2D eigenvalue weighted by Gasteiger charge is -2.16. The van der Waals surface area contributed by atoms with Crippen molar-refractivity contribution in [2.24, 2.45) is 0 Å². The lowest BCUT2D eigenvalue weighted by Crippen LogP contribution is -2.08. The number of anilines is 1. The molecule has 0 spiro atoms. The second-order valence-corrected chi connectivity index (χ2v) is 4.41. The summed E-state index contributed by atoms with van der Waals surface area (Å²) < 4.78 is 5.60. The van der Waals surface area contributed by atoms with Gasteiger partial charge in [-0.15, -0.1) is 10.2 Å². The lowest BCUT2D eigenvalue weighted by molar-refractivity contribution is 0.335. The van der Waals surface area contributed by atoms with Gasteiger partial charge in [-0.3, -0.25) is 0 Å². The molecule has 2 aromatic rings. The molecule has 17 heavy (non-hydrogen) atoms. The Morgan fingerprint density at radius 3 is 2.94 bits per heavy atom. The predicted octanol–water partition coefficient (Wildman–Crippen LogP) is 3.11. The van der Waals surface area contributed by atoms with Gasteiger partial charge in [-0.25, -0.2) is 0 Å². The average molecular weight is 249 g/mol. The van der Waals surface area contributed by atoms with E-state index in [0.717, 1.165) is 16.4 Å². The van der Waals surface area contributed by atoms with E-state index in [1.165, 1.54) is 11.3 Å². The predicted molar refractivity (Wildman–Crippen MR) is 69.6 cm³/mol. The number of hydrogen-bond donors (Lipinski definition) is 1. The minimum Gasteiger partial charge on any atom is -0.494 e. The molecule has 0 bridgehead atoms. The van der Waals surface area contributed by atoms with Crippen molar-refractivity contribution in [3.8, 4) is 5.75 Å². The Morgan fingerprint density at radius 1 is 1.41 bits per heavy atom. The molecule has 0 aliphatic heterocycles. The molecule has 0 aliphatic carbocycles. The minimum atomic E-state index is 0.144. The summed E-state index contributed by atoms with van der Waals surface area (Å²) >= 11 is 1.49. The molecule has 0 amide bonds. The van der Waals surface area contributed by atoms with E-state index in [1.807, 2.05) is 25.1 Å². The third kappa shape index (κ3) is 2.94. The summed E-state index contributed by atoms with van der Waals surface area (Å²) in [5, 5.41) is 11.9. The zero-order valence-corrected chi connectivity index (χ0v) is 10.7. The fourth-order valence-electron chi connectivity index (χ4n) is 1.62. The van der Waals surface area contributed by atoms with Crippen LogP contribution >= 0.6 is 11.3 Å². The second kappa shape index (κ2) is 5.63. The van der Waals surface area contributed by atoms with Gasteiger partial charge in [0.05, 0.1) is 12.6 Å². The summed E-state index contributed by atoms with van der Waals surface area (Å²) in [6.45, 7) is 4.74. The zero-order chi connectivity index (χ0) is 12.1. The summed E-state index contributed by atoms with van der Waals surface area (Å²) in [5.41, 5.74) is 2.84.